The summed E-state index contributed by atoms with van der Waals surface area (Å²) in [6.07, 6.45) is 0. The number of nitrogens with zero attached hydrogens (tertiary/aromatic N) is 3. The van der Waals surface area contributed by atoms with E-state index in [0.29, 0.717) is 5.75 Å². The maximum Gasteiger partial charge on any atom is 0.208 e. The van der Waals surface area contributed by atoms with Crippen molar-refractivity contribution in [2.24, 2.45) is 0 Å². The highest BCUT2D eigenvalue weighted by molar-refractivity contribution is 7.86. The zero-order chi connectivity index (χ0) is 14.2. The Morgan fingerprint density at radius 3 is 2.70 bits per heavy atom. The van der Waals surface area contributed by atoms with E-state index in [1.807, 2.05) is 30.3 Å². The average molecular weight is 307 g/mol. The minimum atomic E-state index is -0.759. The summed E-state index contributed by atoms with van der Waals surface area (Å²) in [6.45, 7) is 5.66. The Labute approximate surface area is 125 Å². The summed E-state index contributed by atoms with van der Waals surface area (Å²) in [5.41, 5.74) is 1.09. The predicted octanol–water partition coefficient (Wildman–Crippen LogP) is 2.55. The van der Waals surface area contributed by atoms with Gasteiger partial charge in [0.25, 0.3) is 0 Å². The smallest absolute Gasteiger partial charge is 0.208 e. The van der Waals surface area contributed by atoms with Gasteiger partial charge in [0.15, 0.2) is 0 Å². The number of aromatic nitrogens is 2. The molecule has 2 heterocycles. The van der Waals surface area contributed by atoms with E-state index in [1.54, 1.807) is 11.3 Å². The molecule has 1 aromatic heterocycles. The SMILES string of the molecule is CC1(C)CN(c2nnc(-c3ccccc3)s2)CC[S@]1=O. The fraction of sp³-hybridized carbons (Fsp3) is 0.429. The molecule has 1 aliphatic rings. The molecule has 0 saturated carbocycles. The van der Waals surface area contributed by atoms with Gasteiger partial charge in [-0.05, 0) is 13.8 Å². The van der Waals surface area contributed by atoms with Gasteiger partial charge < -0.3 is 4.90 Å². The van der Waals surface area contributed by atoms with Crippen LogP contribution in [0.2, 0.25) is 0 Å². The Bertz CT molecular complexity index is 624. The lowest BCUT2D eigenvalue weighted by Crippen LogP contribution is -2.50. The van der Waals surface area contributed by atoms with Crippen LogP contribution in [0.5, 0.6) is 0 Å². The molecule has 1 atom stereocenters. The molecule has 0 spiro atoms. The highest BCUT2D eigenvalue weighted by Gasteiger charge is 2.34. The molecule has 1 saturated heterocycles. The van der Waals surface area contributed by atoms with Crippen LogP contribution in [0.25, 0.3) is 10.6 Å². The maximum atomic E-state index is 12.0. The summed E-state index contributed by atoms with van der Waals surface area (Å²) >= 11 is 1.60. The van der Waals surface area contributed by atoms with E-state index in [0.717, 1.165) is 28.8 Å². The van der Waals surface area contributed by atoms with E-state index in [9.17, 15) is 4.21 Å². The molecule has 1 aromatic carbocycles. The van der Waals surface area contributed by atoms with Crippen molar-refractivity contribution in [1.82, 2.24) is 10.2 Å². The molecule has 0 unspecified atom stereocenters. The second-order valence-corrected chi connectivity index (χ2v) is 8.65. The van der Waals surface area contributed by atoms with Crippen LogP contribution in [0.3, 0.4) is 0 Å². The standard InChI is InChI=1S/C14H17N3OS2/c1-14(2)10-17(8-9-20(14)18)13-16-15-12(19-13)11-6-4-3-5-7-11/h3-7H,8-10H2,1-2H3/t20-/m1/s1. The van der Waals surface area contributed by atoms with Gasteiger partial charge in [-0.15, -0.1) is 10.2 Å². The molecular weight excluding hydrogens is 290 g/mol. The van der Waals surface area contributed by atoms with Gasteiger partial charge in [-0.1, -0.05) is 41.7 Å². The minimum absolute atomic E-state index is 0.184. The molecule has 106 valence electrons. The molecule has 20 heavy (non-hydrogen) atoms. The fourth-order valence-electron chi connectivity index (χ4n) is 2.28. The normalized spacial score (nSPS) is 21.9. The molecular formula is C14H17N3OS2. The van der Waals surface area contributed by atoms with Crippen LogP contribution < -0.4 is 4.90 Å². The van der Waals surface area contributed by atoms with E-state index in [2.05, 4.69) is 28.9 Å². The molecule has 1 aliphatic heterocycles. The van der Waals surface area contributed by atoms with Crippen LogP contribution in [0.1, 0.15) is 13.8 Å². The van der Waals surface area contributed by atoms with Crippen LogP contribution in [0.15, 0.2) is 30.3 Å². The van der Waals surface area contributed by atoms with Crippen molar-refractivity contribution in [2.45, 2.75) is 18.6 Å². The molecule has 0 N–H and O–H groups in total. The van der Waals surface area contributed by atoms with E-state index in [-0.39, 0.29) is 4.75 Å². The topological polar surface area (TPSA) is 46.1 Å². The fourth-order valence-corrected chi connectivity index (χ4v) is 4.40. The molecule has 6 heteroatoms. The van der Waals surface area contributed by atoms with E-state index in [4.69, 9.17) is 0 Å². The van der Waals surface area contributed by atoms with Gasteiger partial charge in [-0.2, -0.15) is 0 Å². The lowest BCUT2D eigenvalue weighted by molar-refractivity contribution is 0.588. The zero-order valence-electron chi connectivity index (χ0n) is 11.6. The molecule has 1 fully saturated rings. The van der Waals surface area contributed by atoms with Gasteiger partial charge in [0, 0.05) is 35.2 Å². The maximum absolute atomic E-state index is 12.0. The first kappa shape index (κ1) is 13.7. The van der Waals surface area contributed by atoms with Gasteiger partial charge in [-0.25, -0.2) is 0 Å². The summed E-state index contributed by atoms with van der Waals surface area (Å²) in [6, 6.07) is 10.1. The monoisotopic (exact) mass is 307 g/mol. The third-order valence-corrected chi connectivity index (χ3v) is 6.39. The lowest BCUT2D eigenvalue weighted by Gasteiger charge is -2.36. The van der Waals surface area contributed by atoms with Gasteiger partial charge in [-0.3, -0.25) is 4.21 Å². The van der Waals surface area contributed by atoms with Crippen LogP contribution in [0, 0.1) is 0 Å². The summed E-state index contributed by atoms with van der Waals surface area (Å²) in [4.78, 5) is 2.20. The average Bonchev–Trinajstić information content (AvgIpc) is 2.92. The second kappa shape index (κ2) is 5.26. The lowest BCUT2D eigenvalue weighted by atomic mass is 10.2. The molecule has 0 aliphatic carbocycles. The number of hydrogen-bond acceptors (Lipinski definition) is 5. The Hall–Kier alpha value is -1.27. The first-order valence-electron chi connectivity index (χ1n) is 6.59. The van der Waals surface area contributed by atoms with Crippen LogP contribution in [0.4, 0.5) is 5.13 Å². The highest BCUT2D eigenvalue weighted by Crippen LogP contribution is 2.31. The summed E-state index contributed by atoms with van der Waals surface area (Å²) in [5, 5.41) is 10.4. The number of anilines is 1. The van der Waals surface area contributed by atoms with Crippen LogP contribution >= 0.6 is 11.3 Å². The second-order valence-electron chi connectivity index (χ2n) is 5.49. The zero-order valence-corrected chi connectivity index (χ0v) is 13.2. The molecule has 0 amide bonds. The summed E-state index contributed by atoms with van der Waals surface area (Å²) in [7, 11) is -0.759. The van der Waals surface area contributed by atoms with Crippen LogP contribution in [-0.2, 0) is 10.8 Å². The quantitative estimate of drug-likeness (QED) is 0.855. The van der Waals surface area contributed by atoms with E-state index < -0.39 is 10.8 Å². The largest absolute Gasteiger partial charge is 0.344 e. The number of hydrogen-bond donors (Lipinski definition) is 0. The van der Waals surface area contributed by atoms with Gasteiger partial charge in [0.05, 0.1) is 4.75 Å². The molecule has 3 rings (SSSR count). The number of benzene rings is 1. The molecule has 0 bridgehead atoms. The molecule has 2 aromatic rings. The Morgan fingerprint density at radius 1 is 1.25 bits per heavy atom. The van der Waals surface area contributed by atoms with Crippen molar-refractivity contribution in [2.75, 3.05) is 23.7 Å². The van der Waals surface area contributed by atoms with Crippen molar-refractivity contribution in [3.8, 4) is 10.6 Å². The first-order chi connectivity index (χ1) is 9.56. The van der Waals surface area contributed by atoms with Crippen LogP contribution in [-0.4, -0.2) is 38.0 Å². The summed E-state index contributed by atoms with van der Waals surface area (Å²) < 4.78 is 11.8. The Kier molecular flexibility index (Phi) is 3.60. The molecule has 4 nitrogen and oxygen atoms in total. The first-order valence-corrected chi connectivity index (χ1v) is 8.72. The van der Waals surface area contributed by atoms with E-state index >= 15 is 0 Å². The Balaban J connectivity index is 1.83. The molecule has 0 radical (unpaired) electrons. The predicted molar refractivity (Wildman–Crippen MR) is 84.6 cm³/mol. The highest BCUT2D eigenvalue weighted by atomic mass is 32.2. The Morgan fingerprint density at radius 2 is 2.00 bits per heavy atom. The third-order valence-electron chi connectivity index (χ3n) is 3.44. The van der Waals surface area contributed by atoms with Crippen molar-refractivity contribution in [3.05, 3.63) is 30.3 Å². The van der Waals surface area contributed by atoms with Crippen molar-refractivity contribution in [1.29, 1.82) is 0 Å². The van der Waals surface area contributed by atoms with Gasteiger partial charge in [0.2, 0.25) is 5.13 Å². The van der Waals surface area contributed by atoms with Gasteiger partial charge >= 0.3 is 0 Å². The third kappa shape index (κ3) is 2.62. The van der Waals surface area contributed by atoms with Gasteiger partial charge in [0.1, 0.15) is 5.01 Å². The van der Waals surface area contributed by atoms with E-state index in [1.165, 1.54) is 0 Å². The minimum Gasteiger partial charge on any atom is -0.344 e. The number of rotatable bonds is 2. The van der Waals surface area contributed by atoms with Crippen molar-refractivity contribution >= 4 is 27.3 Å². The summed E-state index contributed by atoms with van der Waals surface area (Å²) in [5.74, 6) is 0.702. The van der Waals surface area contributed by atoms with Crippen molar-refractivity contribution in [3.63, 3.8) is 0 Å². The van der Waals surface area contributed by atoms with Crippen molar-refractivity contribution < 1.29 is 4.21 Å².